The molecule has 0 amide bonds. The maximum Gasteiger partial charge on any atom is 0.0627 e. The molecular formula is C15H29N3. The number of nitrogens with zero attached hydrogens (tertiary/aromatic N) is 2. The van der Waals surface area contributed by atoms with Crippen molar-refractivity contribution in [2.24, 2.45) is 17.6 Å². The Hall–Kier alpha value is -0.830. The molecule has 1 aromatic rings. The van der Waals surface area contributed by atoms with Crippen LogP contribution in [0.4, 0.5) is 0 Å². The Labute approximate surface area is 112 Å². The van der Waals surface area contributed by atoms with Crippen molar-refractivity contribution in [1.29, 1.82) is 0 Å². The third kappa shape index (κ3) is 4.45. The van der Waals surface area contributed by atoms with Crippen LogP contribution >= 0.6 is 0 Å². The highest BCUT2D eigenvalue weighted by Gasteiger charge is 2.13. The van der Waals surface area contributed by atoms with Crippen molar-refractivity contribution in [3.8, 4) is 0 Å². The van der Waals surface area contributed by atoms with Gasteiger partial charge in [-0.15, -0.1) is 0 Å². The molecule has 2 N–H and O–H groups in total. The van der Waals surface area contributed by atoms with Gasteiger partial charge in [0.2, 0.25) is 0 Å². The number of hydrogen-bond donors (Lipinski definition) is 1. The van der Waals surface area contributed by atoms with Crippen LogP contribution in [-0.2, 0) is 6.42 Å². The number of nitrogens with two attached hydrogens (primary N) is 1. The minimum absolute atomic E-state index is 0.542. The molecule has 0 aliphatic heterocycles. The minimum atomic E-state index is 0.542. The predicted molar refractivity (Wildman–Crippen MR) is 77.5 cm³/mol. The highest BCUT2D eigenvalue weighted by Crippen LogP contribution is 2.18. The number of rotatable bonds is 8. The lowest BCUT2D eigenvalue weighted by Crippen LogP contribution is -2.19. The highest BCUT2D eigenvalue weighted by atomic mass is 15.3. The van der Waals surface area contributed by atoms with Crippen molar-refractivity contribution in [2.75, 3.05) is 6.54 Å². The summed E-state index contributed by atoms with van der Waals surface area (Å²) in [5.74, 6) is 1.27. The molecule has 0 spiro atoms. The maximum absolute atomic E-state index is 5.85. The molecule has 0 fully saturated rings. The van der Waals surface area contributed by atoms with Crippen LogP contribution in [0.3, 0.4) is 0 Å². The molecule has 1 unspecified atom stereocenters. The summed E-state index contributed by atoms with van der Waals surface area (Å²) in [5, 5.41) is 4.71. The topological polar surface area (TPSA) is 43.8 Å². The first-order valence-electron chi connectivity index (χ1n) is 7.34. The SMILES string of the molecule is CCC(CC)n1ccc(CC(CN)CC(C)C)n1. The van der Waals surface area contributed by atoms with E-state index in [4.69, 9.17) is 10.8 Å². The van der Waals surface area contributed by atoms with Gasteiger partial charge in [-0.25, -0.2) is 0 Å². The Morgan fingerprint density at radius 2 is 1.94 bits per heavy atom. The van der Waals surface area contributed by atoms with Gasteiger partial charge in [-0.2, -0.15) is 5.10 Å². The second-order valence-corrected chi connectivity index (χ2v) is 5.69. The first-order chi connectivity index (χ1) is 8.60. The first-order valence-corrected chi connectivity index (χ1v) is 7.34. The van der Waals surface area contributed by atoms with Gasteiger partial charge in [-0.1, -0.05) is 27.7 Å². The second kappa shape index (κ2) is 7.57. The average Bonchev–Trinajstić information content (AvgIpc) is 2.78. The Bertz CT molecular complexity index is 326. The Morgan fingerprint density at radius 1 is 1.28 bits per heavy atom. The van der Waals surface area contributed by atoms with Gasteiger partial charge in [-0.05, 0) is 50.1 Å². The third-order valence-corrected chi connectivity index (χ3v) is 3.62. The molecule has 1 heterocycles. The molecule has 0 radical (unpaired) electrons. The summed E-state index contributed by atoms with van der Waals surface area (Å²) in [6, 6.07) is 2.70. The van der Waals surface area contributed by atoms with Crippen LogP contribution in [0.25, 0.3) is 0 Å². The molecule has 0 saturated heterocycles. The summed E-state index contributed by atoms with van der Waals surface area (Å²) in [4.78, 5) is 0. The van der Waals surface area contributed by atoms with Gasteiger partial charge in [0.25, 0.3) is 0 Å². The summed E-state index contributed by atoms with van der Waals surface area (Å²) >= 11 is 0. The minimum Gasteiger partial charge on any atom is -0.330 e. The van der Waals surface area contributed by atoms with E-state index in [1.807, 2.05) is 0 Å². The van der Waals surface area contributed by atoms with Crippen LogP contribution in [0, 0.1) is 11.8 Å². The quantitative estimate of drug-likeness (QED) is 0.769. The van der Waals surface area contributed by atoms with E-state index in [0.717, 1.165) is 25.8 Å². The molecule has 3 heteroatoms. The van der Waals surface area contributed by atoms with Gasteiger partial charge >= 0.3 is 0 Å². The van der Waals surface area contributed by atoms with Crippen LogP contribution < -0.4 is 5.73 Å². The average molecular weight is 251 g/mol. The van der Waals surface area contributed by atoms with Gasteiger partial charge in [0.1, 0.15) is 0 Å². The van der Waals surface area contributed by atoms with E-state index in [1.54, 1.807) is 0 Å². The first kappa shape index (κ1) is 15.2. The largest absolute Gasteiger partial charge is 0.330 e. The molecule has 18 heavy (non-hydrogen) atoms. The Kier molecular flexibility index (Phi) is 6.41. The maximum atomic E-state index is 5.85. The van der Waals surface area contributed by atoms with E-state index in [1.165, 1.54) is 12.1 Å². The number of hydrogen-bond acceptors (Lipinski definition) is 2. The smallest absolute Gasteiger partial charge is 0.0627 e. The fourth-order valence-electron chi connectivity index (χ4n) is 2.58. The fourth-order valence-corrected chi connectivity index (χ4v) is 2.58. The lowest BCUT2D eigenvalue weighted by atomic mass is 9.93. The van der Waals surface area contributed by atoms with Crippen LogP contribution in [0.5, 0.6) is 0 Å². The van der Waals surface area contributed by atoms with Crippen LogP contribution in [-0.4, -0.2) is 16.3 Å². The molecule has 104 valence electrons. The van der Waals surface area contributed by atoms with Gasteiger partial charge in [0.05, 0.1) is 11.7 Å². The van der Waals surface area contributed by atoms with Gasteiger partial charge in [0.15, 0.2) is 0 Å². The van der Waals surface area contributed by atoms with Crippen LogP contribution in [0.2, 0.25) is 0 Å². The molecule has 1 atom stereocenters. The van der Waals surface area contributed by atoms with E-state index in [2.05, 4.69) is 44.6 Å². The summed E-state index contributed by atoms with van der Waals surface area (Å²) in [5.41, 5.74) is 7.05. The molecule has 0 bridgehead atoms. The van der Waals surface area contributed by atoms with Crippen molar-refractivity contribution in [2.45, 2.75) is 59.4 Å². The van der Waals surface area contributed by atoms with Crippen molar-refractivity contribution < 1.29 is 0 Å². The van der Waals surface area contributed by atoms with Gasteiger partial charge in [0, 0.05) is 6.20 Å². The lowest BCUT2D eigenvalue weighted by Gasteiger charge is -2.16. The van der Waals surface area contributed by atoms with Crippen LogP contribution in [0.1, 0.15) is 58.7 Å². The van der Waals surface area contributed by atoms with Crippen molar-refractivity contribution in [3.63, 3.8) is 0 Å². The van der Waals surface area contributed by atoms with Crippen LogP contribution in [0.15, 0.2) is 12.3 Å². The lowest BCUT2D eigenvalue weighted by molar-refractivity contribution is 0.399. The Balaban J connectivity index is 2.62. The molecule has 0 saturated carbocycles. The summed E-state index contributed by atoms with van der Waals surface area (Å²) in [6.07, 6.45) is 6.61. The standard InChI is InChI=1S/C15H29N3/c1-5-15(6-2)18-8-7-14(17-18)10-13(11-16)9-12(3)4/h7-8,12-13,15H,5-6,9-11,16H2,1-4H3. The zero-order valence-electron chi connectivity index (χ0n) is 12.4. The highest BCUT2D eigenvalue weighted by molar-refractivity contribution is 5.01. The predicted octanol–water partition coefficient (Wildman–Crippen LogP) is 3.41. The van der Waals surface area contributed by atoms with E-state index < -0.39 is 0 Å². The van der Waals surface area contributed by atoms with Crippen molar-refractivity contribution in [1.82, 2.24) is 9.78 Å². The number of aromatic nitrogens is 2. The summed E-state index contributed by atoms with van der Waals surface area (Å²) in [6.45, 7) is 9.71. The fraction of sp³-hybridized carbons (Fsp3) is 0.800. The molecule has 1 aromatic heterocycles. The summed E-state index contributed by atoms with van der Waals surface area (Å²) in [7, 11) is 0. The molecule has 3 nitrogen and oxygen atoms in total. The van der Waals surface area contributed by atoms with Crippen molar-refractivity contribution in [3.05, 3.63) is 18.0 Å². The van der Waals surface area contributed by atoms with E-state index in [9.17, 15) is 0 Å². The second-order valence-electron chi connectivity index (χ2n) is 5.69. The van der Waals surface area contributed by atoms with Gasteiger partial charge in [-0.3, -0.25) is 4.68 Å². The van der Waals surface area contributed by atoms with Crippen molar-refractivity contribution >= 4 is 0 Å². The third-order valence-electron chi connectivity index (χ3n) is 3.62. The molecule has 1 rings (SSSR count). The molecular weight excluding hydrogens is 222 g/mol. The summed E-state index contributed by atoms with van der Waals surface area (Å²) < 4.78 is 2.12. The Morgan fingerprint density at radius 3 is 2.44 bits per heavy atom. The molecule has 0 aromatic carbocycles. The van der Waals surface area contributed by atoms with Gasteiger partial charge < -0.3 is 5.73 Å². The zero-order chi connectivity index (χ0) is 13.5. The molecule has 0 aliphatic rings. The zero-order valence-corrected chi connectivity index (χ0v) is 12.4. The normalized spacial score (nSPS) is 13.5. The van der Waals surface area contributed by atoms with E-state index in [0.29, 0.717) is 17.9 Å². The molecule has 0 aliphatic carbocycles. The van der Waals surface area contributed by atoms with E-state index >= 15 is 0 Å². The monoisotopic (exact) mass is 251 g/mol. The van der Waals surface area contributed by atoms with E-state index in [-0.39, 0.29) is 0 Å².